The normalized spacial score (nSPS) is 18.7. The van der Waals surface area contributed by atoms with E-state index in [9.17, 15) is 22.7 Å². The van der Waals surface area contributed by atoms with Gasteiger partial charge in [-0.2, -0.15) is 13.2 Å². The summed E-state index contributed by atoms with van der Waals surface area (Å²) in [5.41, 5.74) is 0.249. The van der Waals surface area contributed by atoms with E-state index < -0.39 is 24.5 Å². The molecule has 0 spiro atoms. The van der Waals surface area contributed by atoms with Gasteiger partial charge < -0.3 is 10.4 Å². The molecule has 1 aromatic rings. The Morgan fingerprint density at radius 1 is 1.29 bits per heavy atom. The molecule has 21 heavy (non-hydrogen) atoms. The number of halogens is 4. The van der Waals surface area contributed by atoms with Crippen molar-refractivity contribution in [3.05, 3.63) is 29.1 Å². The summed E-state index contributed by atoms with van der Waals surface area (Å²) in [5, 5.41) is 13.1. The lowest BCUT2D eigenvalue weighted by atomic mass is 9.97. The number of aryl methyl sites for hydroxylation is 1. The fourth-order valence-corrected chi connectivity index (χ4v) is 2.66. The lowest BCUT2D eigenvalue weighted by Crippen LogP contribution is -2.46. The van der Waals surface area contributed by atoms with Gasteiger partial charge >= 0.3 is 6.18 Å². The maximum atomic E-state index is 13.5. The molecule has 0 bridgehead atoms. The molecule has 1 aliphatic heterocycles. The zero-order chi connectivity index (χ0) is 15.6. The van der Waals surface area contributed by atoms with Gasteiger partial charge in [0.1, 0.15) is 11.6 Å². The largest absolute Gasteiger partial charge is 0.507 e. The van der Waals surface area contributed by atoms with E-state index in [0.717, 1.165) is 12.1 Å². The molecule has 0 amide bonds. The van der Waals surface area contributed by atoms with E-state index in [1.807, 2.05) is 0 Å². The third kappa shape index (κ3) is 4.07. The first-order valence-corrected chi connectivity index (χ1v) is 6.78. The van der Waals surface area contributed by atoms with Crippen LogP contribution in [0, 0.1) is 12.7 Å². The second-order valence-electron chi connectivity index (χ2n) is 5.28. The molecule has 7 heteroatoms. The summed E-state index contributed by atoms with van der Waals surface area (Å²) in [4.78, 5) is 1.64. The first-order chi connectivity index (χ1) is 9.78. The van der Waals surface area contributed by atoms with Crippen LogP contribution < -0.4 is 5.32 Å². The van der Waals surface area contributed by atoms with Crippen LogP contribution in [0.15, 0.2) is 12.1 Å². The van der Waals surface area contributed by atoms with Gasteiger partial charge in [0.05, 0.1) is 6.42 Å². The van der Waals surface area contributed by atoms with E-state index >= 15 is 0 Å². The molecule has 0 saturated carbocycles. The molecule has 3 nitrogen and oxygen atoms in total. The third-order valence-corrected chi connectivity index (χ3v) is 3.67. The lowest BCUT2D eigenvalue weighted by Gasteiger charge is -2.36. The molecule has 1 fully saturated rings. The Morgan fingerprint density at radius 3 is 2.48 bits per heavy atom. The molecule has 1 saturated heterocycles. The minimum Gasteiger partial charge on any atom is -0.507 e. The minimum atomic E-state index is -4.39. The van der Waals surface area contributed by atoms with Gasteiger partial charge in [0, 0.05) is 37.8 Å². The predicted octanol–water partition coefficient (Wildman–Crippen LogP) is 2.74. The summed E-state index contributed by atoms with van der Waals surface area (Å²) in [6, 6.07) is 1.05. The minimum absolute atomic E-state index is 0.00623. The molecular weight excluding hydrogens is 288 g/mol. The Balaban J connectivity index is 2.38. The number of aromatic hydroxyl groups is 1. The zero-order valence-corrected chi connectivity index (χ0v) is 11.7. The molecule has 1 heterocycles. The number of hydrogen-bond acceptors (Lipinski definition) is 3. The summed E-state index contributed by atoms with van der Waals surface area (Å²) in [6.45, 7) is 3.47. The van der Waals surface area contributed by atoms with E-state index in [2.05, 4.69) is 5.32 Å². The van der Waals surface area contributed by atoms with Gasteiger partial charge in [-0.1, -0.05) is 0 Å². The summed E-state index contributed by atoms with van der Waals surface area (Å²) in [7, 11) is 0. The molecule has 0 aliphatic carbocycles. The molecule has 0 unspecified atom stereocenters. The van der Waals surface area contributed by atoms with E-state index in [4.69, 9.17) is 0 Å². The van der Waals surface area contributed by atoms with Crippen LogP contribution in [0.2, 0.25) is 0 Å². The Morgan fingerprint density at radius 2 is 1.90 bits per heavy atom. The number of phenols is 1. The SMILES string of the molecule is Cc1cc(F)cc([C@H](CC(F)(F)F)N2CCNCC2)c1O. The lowest BCUT2D eigenvalue weighted by molar-refractivity contribution is -0.148. The second kappa shape index (κ2) is 6.19. The van der Waals surface area contributed by atoms with Crippen LogP contribution in [0.4, 0.5) is 17.6 Å². The average molecular weight is 306 g/mol. The standard InChI is InChI=1S/C14H18F4N2O/c1-9-6-10(15)7-11(13(9)21)12(8-14(16,17)18)20-4-2-19-3-5-20/h6-7,12,19,21H,2-5,8H2,1H3/t12-/m0/s1. The Hall–Kier alpha value is -1.34. The molecule has 1 aromatic carbocycles. The summed E-state index contributed by atoms with van der Waals surface area (Å²) in [5.74, 6) is -0.896. The molecule has 118 valence electrons. The highest BCUT2D eigenvalue weighted by atomic mass is 19.4. The predicted molar refractivity (Wildman–Crippen MR) is 70.7 cm³/mol. The molecule has 1 atom stereocenters. The number of nitrogens with one attached hydrogen (secondary N) is 1. The van der Waals surface area contributed by atoms with Crippen LogP contribution in [-0.4, -0.2) is 42.4 Å². The maximum Gasteiger partial charge on any atom is 0.390 e. The van der Waals surface area contributed by atoms with Crippen LogP contribution in [0.3, 0.4) is 0 Å². The van der Waals surface area contributed by atoms with Gasteiger partial charge in [0.2, 0.25) is 0 Å². The highest BCUT2D eigenvalue weighted by molar-refractivity contribution is 5.42. The number of hydrogen-bond donors (Lipinski definition) is 2. The van der Waals surface area contributed by atoms with Gasteiger partial charge in [-0.05, 0) is 24.6 Å². The van der Waals surface area contributed by atoms with Gasteiger partial charge in [-0.25, -0.2) is 4.39 Å². The van der Waals surface area contributed by atoms with Crippen molar-refractivity contribution in [2.24, 2.45) is 0 Å². The van der Waals surface area contributed by atoms with Crippen molar-refractivity contribution in [1.82, 2.24) is 10.2 Å². The van der Waals surface area contributed by atoms with E-state index in [1.165, 1.54) is 6.92 Å². The Kier molecular flexibility index (Phi) is 4.73. The molecule has 1 aliphatic rings. The van der Waals surface area contributed by atoms with Crippen LogP contribution in [0.1, 0.15) is 23.6 Å². The first kappa shape index (κ1) is 16.0. The van der Waals surface area contributed by atoms with Crippen molar-refractivity contribution >= 4 is 0 Å². The highest BCUT2D eigenvalue weighted by Crippen LogP contribution is 2.39. The third-order valence-electron chi connectivity index (χ3n) is 3.67. The molecule has 0 radical (unpaired) electrons. The fourth-order valence-electron chi connectivity index (χ4n) is 2.66. The highest BCUT2D eigenvalue weighted by Gasteiger charge is 2.37. The van der Waals surface area contributed by atoms with Crippen molar-refractivity contribution in [3.63, 3.8) is 0 Å². The van der Waals surface area contributed by atoms with Crippen LogP contribution in [0.5, 0.6) is 5.75 Å². The van der Waals surface area contributed by atoms with Crippen molar-refractivity contribution in [2.45, 2.75) is 25.6 Å². The van der Waals surface area contributed by atoms with Gasteiger partial charge in [0.25, 0.3) is 0 Å². The van der Waals surface area contributed by atoms with Crippen molar-refractivity contribution < 1.29 is 22.7 Å². The van der Waals surface area contributed by atoms with E-state index in [0.29, 0.717) is 26.2 Å². The number of piperazine rings is 1. The van der Waals surface area contributed by atoms with Gasteiger partial charge in [-0.15, -0.1) is 0 Å². The number of nitrogens with zero attached hydrogens (tertiary/aromatic N) is 1. The molecular formula is C14H18F4N2O. The van der Waals surface area contributed by atoms with Gasteiger partial charge in [-0.3, -0.25) is 4.90 Å². The zero-order valence-electron chi connectivity index (χ0n) is 11.7. The number of benzene rings is 1. The molecule has 2 rings (SSSR count). The fraction of sp³-hybridized carbons (Fsp3) is 0.571. The van der Waals surface area contributed by atoms with Crippen molar-refractivity contribution in [1.29, 1.82) is 0 Å². The number of rotatable bonds is 3. The number of alkyl halides is 3. The van der Waals surface area contributed by atoms with Crippen molar-refractivity contribution in [2.75, 3.05) is 26.2 Å². The Labute approximate surface area is 120 Å². The van der Waals surface area contributed by atoms with E-state index in [1.54, 1.807) is 4.90 Å². The smallest absolute Gasteiger partial charge is 0.390 e. The maximum absolute atomic E-state index is 13.5. The summed E-state index contributed by atoms with van der Waals surface area (Å²) < 4.78 is 52.1. The van der Waals surface area contributed by atoms with E-state index in [-0.39, 0.29) is 16.9 Å². The van der Waals surface area contributed by atoms with Crippen LogP contribution >= 0.6 is 0 Å². The average Bonchev–Trinajstić information content (AvgIpc) is 2.40. The molecule has 0 aromatic heterocycles. The van der Waals surface area contributed by atoms with Gasteiger partial charge in [0.15, 0.2) is 0 Å². The summed E-state index contributed by atoms with van der Waals surface area (Å²) in [6.07, 6.45) is -5.49. The quantitative estimate of drug-likeness (QED) is 0.843. The van der Waals surface area contributed by atoms with Crippen LogP contribution in [-0.2, 0) is 0 Å². The molecule has 2 N–H and O–H groups in total. The monoisotopic (exact) mass is 306 g/mol. The van der Waals surface area contributed by atoms with Crippen molar-refractivity contribution in [3.8, 4) is 5.75 Å². The second-order valence-corrected chi connectivity index (χ2v) is 5.28. The first-order valence-electron chi connectivity index (χ1n) is 6.78. The Bertz CT molecular complexity index is 498. The van der Waals surface area contributed by atoms with Crippen LogP contribution in [0.25, 0.3) is 0 Å². The topological polar surface area (TPSA) is 35.5 Å². The number of phenolic OH excluding ortho intramolecular Hbond substituents is 1. The summed E-state index contributed by atoms with van der Waals surface area (Å²) >= 11 is 0.